The van der Waals surface area contributed by atoms with Crippen LogP contribution in [0.4, 0.5) is 0 Å². The van der Waals surface area contributed by atoms with Crippen LogP contribution in [0.25, 0.3) is 0 Å². The second kappa shape index (κ2) is 5.81. The van der Waals surface area contributed by atoms with Crippen LogP contribution in [0, 0.1) is 11.8 Å². The number of carbonyl (C=O) groups excluding carboxylic acids is 2. The number of Topliss-reactive ketones (excluding diaryl/α,β-unsaturated/α-hetero) is 1. The van der Waals surface area contributed by atoms with E-state index < -0.39 is 23.8 Å². The molecule has 2 heterocycles. The van der Waals surface area contributed by atoms with Crippen molar-refractivity contribution in [1.82, 2.24) is 0 Å². The van der Waals surface area contributed by atoms with Gasteiger partial charge >= 0.3 is 5.97 Å². The lowest BCUT2D eigenvalue weighted by Gasteiger charge is -2.39. The Labute approximate surface area is 135 Å². The van der Waals surface area contributed by atoms with Crippen molar-refractivity contribution < 1.29 is 23.8 Å². The highest BCUT2D eigenvalue weighted by Crippen LogP contribution is 2.42. The second-order valence-electron chi connectivity index (χ2n) is 6.07. The molecule has 5 nitrogen and oxygen atoms in total. The van der Waals surface area contributed by atoms with E-state index in [1.807, 2.05) is 25.1 Å². The maximum atomic E-state index is 12.4. The quantitative estimate of drug-likeness (QED) is 0.631. The predicted molar refractivity (Wildman–Crippen MR) is 82.7 cm³/mol. The highest BCUT2D eigenvalue weighted by molar-refractivity contribution is 5.87. The maximum absolute atomic E-state index is 12.4. The normalized spacial score (nSPS) is 33.3. The van der Waals surface area contributed by atoms with Crippen LogP contribution < -0.4 is 4.74 Å². The number of benzene rings is 1. The molecule has 5 atom stereocenters. The fourth-order valence-corrected chi connectivity index (χ4v) is 2.93. The molecule has 122 valence electrons. The SMILES string of the molecule is C[C@@H](Oc1ccccc1)C(=O)O[C@]12C=C[C@H](O1)[C@@H](C)C(=O)[C@@H]2C. The largest absolute Gasteiger partial charge is 0.479 e. The first kappa shape index (κ1) is 15.7. The minimum atomic E-state index is -1.31. The minimum absolute atomic E-state index is 0.0377. The molecule has 0 amide bonds. The van der Waals surface area contributed by atoms with Crippen LogP contribution in [0.3, 0.4) is 0 Å². The van der Waals surface area contributed by atoms with Crippen LogP contribution in [-0.4, -0.2) is 29.7 Å². The van der Waals surface area contributed by atoms with E-state index in [4.69, 9.17) is 14.2 Å². The molecule has 2 aliphatic heterocycles. The van der Waals surface area contributed by atoms with Gasteiger partial charge in [0.05, 0.1) is 12.0 Å². The number of fused-ring (bicyclic) bond motifs is 2. The standard InChI is InChI=1S/C18H20O5/c1-11-15-9-10-18(22-15,12(2)16(11)19)23-17(20)13(3)21-14-7-5-4-6-8-14/h4-13,15H,1-3H3/t11-,12+,13-,15+,18+/m1/s1. The molecule has 1 aromatic rings. The molecule has 2 bridgehead atoms. The van der Waals surface area contributed by atoms with E-state index in [1.54, 1.807) is 38.1 Å². The number of esters is 1. The van der Waals surface area contributed by atoms with E-state index >= 15 is 0 Å². The Balaban J connectivity index is 1.70. The Kier molecular flexibility index (Phi) is 3.98. The van der Waals surface area contributed by atoms with Crippen LogP contribution in [0.1, 0.15) is 20.8 Å². The van der Waals surface area contributed by atoms with Crippen LogP contribution in [0.15, 0.2) is 42.5 Å². The zero-order chi connectivity index (χ0) is 16.6. The summed E-state index contributed by atoms with van der Waals surface area (Å²) in [6, 6.07) is 9.03. The molecule has 1 saturated heterocycles. The number of hydrogen-bond acceptors (Lipinski definition) is 5. The van der Waals surface area contributed by atoms with Crippen molar-refractivity contribution in [2.24, 2.45) is 11.8 Å². The smallest absolute Gasteiger partial charge is 0.349 e. The summed E-state index contributed by atoms with van der Waals surface area (Å²) in [6.45, 7) is 5.16. The van der Waals surface area contributed by atoms with Gasteiger partial charge in [-0.25, -0.2) is 4.79 Å². The monoisotopic (exact) mass is 316 g/mol. The van der Waals surface area contributed by atoms with E-state index in [2.05, 4.69) is 0 Å². The summed E-state index contributed by atoms with van der Waals surface area (Å²) < 4.78 is 16.9. The molecule has 1 fully saturated rings. The number of ketones is 1. The third-order valence-corrected chi connectivity index (χ3v) is 4.46. The van der Waals surface area contributed by atoms with Gasteiger partial charge < -0.3 is 14.2 Å². The predicted octanol–water partition coefficient (Wildman–Crippen LogP) is 2.50. The van der Waals surface area contributed by atoms with Crippen molar-refractivity contribution in [2.75, 3.05) is 0 Å². The van der Waals surface area contributed by atoms with Gasteiger partial charge in [-0.15, -0.1) is 0 Å². The Hall–Kier alpha value is -2.14. The number of para-hydroxylation sites is 1. The number of hydrogen-bond donors (Lipinski definition) is 0. The molecular weight excluding hydrogens is 296 g/mol. The van der Waals surface area contributed by atoms with E-state index in [-0.39, 0.29) is 17.8 Å². The van der Waals surface area contributed by atoms with E-state index in [9.17, 15) is 9.59 Å². The minimum Gasteiger partial charge on any atom is -0.479 e. The summed E-state index contributed by atoms with van der Waals surface area (Å²) in [4.78, 5) is 24.7. The highest BCUT2D eigenvalue weighted by atomic mass is 16.7. The summed E-state index contributed by atoms with van der Waals surface area (Å²) in [5.74, 6) is -2.02. The van der Waals surface area contributed by atoms with Gasteiger partial charge in [-0.3, -0.25) is 4.79 Å². The van der Waals surface area contributed by atoms with Crippen LogP contribution >= 0.6 is 0 Å². The molecule has 2 aliphatic rings. The lowest BCUT2D eigenvalue weighted by Crippen LogP contribution is -2.53. The average molecular weight is 316 g/mol. The number of rotatable bonds is 4. The number of carbonyl (C=O) groups is 2. The molecule has 0 aliphatic carbocycles. The van der Waals surface area contributed by atoms with Crippen LogP contribution in [-0.2, 0) is 19.1 Å². The van der Waals surface area contributed by atoms with Crippen molar-refractivity contribution in [3.63, 3.8) is 0 Å². The third-order valence-electron chi connectivity index (χ3n) is 4.46. The molecule has 5 heteroatoms. The molecule has 0 saturated carbocycles. The van der Waals surface area contributed by atoms with Crippen LogP contribution in [0.2, 0.25) is 0 Å². The van der Waals surface area contributed by atoms with Gasteiger partial charge in [0.25, 0.3) is 0 Å². The van der Waals surface area contributed by atoms with Gasteiger partial charge in [-0.05, 0) is 32.1 Å². The van der Waals surface area contributed by atoms with Crippen molar-refractivity contribution in [1.29, 1.82) is 0 Å². The molecule has 1 aromatic carbocycles. The van der Waals surface area contributed by atoms with Gasteiger partial charge in [0.2, 0.25) is 5.79 Å². The fourth-order valence-electron chi connectivity index (χ4n) is 2.93. The van der Waals surface area contributed by atoms with E-state index in [0.29, 0.717) is 5.75 Å². The molecular formula is C18H20O5. The highest BCUT2D eigenvalue weighted by Gasteiger charge is 2.55. The summed E-state index contributed by atoms with van der Waals surface area (Å²) in [5.41, 5.74) is 0. The van der Waals surface area contributed by atoms with Gasteiger partial charge in [0, 0.05) is 5.92 Å². The Morgan fingerprint density at radius 3 is 2.65 bits per heavy atom. The fraction of sp³-hybridized carbons (Fsp3) is 0.444. The Morgan fingerprint density at radius 1 is 1.26 bits per heavy atom. The molecule has 0 N–H and O–H groups in total. The van der Waals surface area contributed by atoms with Gasteiger partial charge in [-0.1, -0.05) is 31.2 Å². The van der Waals surface area contributed by atoms with E-state index in [0.717, 1.165) is 0 Å². The first-order valence-corrected chi connectivity index (χ1v) is 7.78. The van der Waals surface area contributed by atoms with Crippen molar-refractivity contribution in [2.45, 2.75) is 38.8 Å². The Morgan fingerprint density at radius 2 is 1.96 bits per heavy atom. The second-order valence-corrected chi connectivity index (χ2v) is 6.07. The van der Waals surface area contributed by atoms with Gasteiger partial charge in [0.1, 0.15) is 11.5 Å². The maximum Gasteiger partial charge on any atom is 0.349 e. The van der Waals surface area contributed by atoms with Crippen LogP contribution in [0.5, 0.6) is 5.75 Å². The zero-order valence-corrected chi connectivity index (χ0v) is 13.4. The molecule has 0 radical (unpaired) electrons. The number of ether oxygens (including phenoxy) is 3. The topological polar surface area (TPSA) is 61.8 Å². The van der Waals surface area contributed by atoms with Crippen molar-refractivity contribution in [3.8, 4) is 5.75 Å². The lowest BCUT2D eigenvalue weighted by atomic mass is 9.86. The summed E-state index contributed by atoms with van der Waals surface area (Å²) in [6.07, 6.45) is 2.33. The van der Waals surface area contributed by atoms with Crippen molar-refractivity contribution >= 4 is 11.8 Å². The zero-order valence-electron chi connectivity index (χ0n) is 13.4. The average Bonchev–Trinajstić information content (AvgIpc) is 2.95. The molecule has 0 unspecified atom stereocenters. The van der Waals surface area contributed by atoms with Gasteiger partial charge in [0.15, 0.2) is 6.10 Å². The molecule has 3 rings (SSSR count). The van der Waals surface area contributed by atoms with E-state index in [1.165, 1.54) is 0 Å². The summed E-state index contributed by atoms with van der Waals surface area (Å²) >= 11 is 0. The first-order valence-electron chi connectivity index (χ1n) is 7.78. The molecule has 23 heavy (non-hydrogen) atoms. The third kappa shape index (κ3) is 2.77. The lowest BCUT2D eigenvalue weighted by molar-refractivity contribution is -0.249. The summed E-state index contributed by atoms with van der Waals surface area (Å²) in [7, 11) is 0. The van der Waals surface area contributed by atoms with Crippen molar-refractivity contribution in [3.05, 3.63) is 42.5 Å². The first-order chi connectivity index (χ1) is 10.9. The molecule has 0 spiro atoms. The van der Waals surface area contributed by atoms with Gasteiger partial charge in [-0.2, -0.15) is 0 Å². The molecule has 0 aromatic heterocycles. The Bertz CT molecular complexity index is 638. The summed E-state index contributed by atoms with van der Waals surface area (Å²) in [5, 5.41) is 0.